The summed E-state index contributed by atoms with van der Waals surface area (Å²) in [5.41, 5.74) is 0.894. The van der Waals surface area contributed by atoms with Crippen LogP contribution in [0.25, 0.3) is 0 Å². The van der Waals surface area contributed by atoms with E-state index < -0.39 is 6.10 Å². The van der Waals surface area contributed by atoms with Gasteiger partial charge in [0.15, 0.2) is 0 Å². The molecular formula is C22H32N2O6. The van der Waals surface area contributed by atoms with Crippen molar-refractivity contribution in [2.45, 2.75) is 39.4 Å². The monoisotopic (exact) mass is 420 g/mol. The summed E-state index contributed by atoms with van der Waals surface area (Å²) in [6, 6.07) is 7.44. The Bertz CT molecular complexity index is 738. The zero-order valence-corrected chi connectivity index (χ0v) is 18.3. The summed E-state index contributed by atoms with van der Waals surface area (Å²) < 4.78 is 15.9. The topological polar surface area (TPSA) is 85.4 Å². The normalized spacial score (nSPS) is 17.2. The molecule has 0 aliphatic carbocycles. The average molecular weight is 421 g/mol. The summed E-state index contributed by atoms with van der Waals surface area (Å²) in [5.74, 6) is -0.293. The number of carbonyl (C=O) groups excluding carboxylic acids is 3. The van der Waals surface area contributed by atoms with E-state index in [1.165, 1.54) is 4.90 Å². The van der Waals surface area contributed by atoms with Crippen LogP contribution in [-0.4, -0.2) is 74.1 Å². The number of benzene rings is 1. The van der Waals surface area contributed by atoms with E-state index in [1.807, 2.05) is 24.3 Å². The molecular weight excluding hydrogens is 388 g/mol. The number of hydrogen-bond donors (Lipinski definition) is 0. The molecule has 1 aliphatic rings. The first-order chi connectivity index (χ1) is 14.3. The first-order valence-electron chi connectivity index (χ1n) is 10.3. The summed E-state index contributed by atoms with van der Waals surface area (Å²) in [5, 5.41) is 0. The van der Waals surface area contributed by atoms with Crippen molar-refractivity contribution in [2.24, 2.45) is 5.92 Å². The van der Waals surface area contributed by atoms with E-state index in [1.54, 1.807) is 32.9 Å². The van der Waals surface area contributed by atoms with E-state index in [9.17, 15) is 14.4 Å². The number of amides is 2. The van der Waals surface area contributed by atoms with Gasteiger partial charge < -0.3 is 24.0 Å². The van der Waals surface area contributed by atoms with Gasteiger partial charge in [-0.25, -0.2) is 0 Å². The lowest BCUT2D eigenvalue weighted by atomic mass is 9.98. The first-order valence-corrected chi connectivity index (χ1v) is 10.3. The molecule has 2 rings (SSSR count). The Hall–Kier alpha value is -2.61. The molecule has 0 aromatic heterocycles. The lowest BCUT2D eigenvalue weighted by molar-refractivity contribution is -0.153. The Morgan fingerprint density at radius 2 is 2.07 bits per heavy atom. The minimum Gasteiger partial charge on any atom is -0.497 e. The molecule has 8 heteroatoms. The molecule has 1 aromatic carbocycles. The number of nitrogens with zero attached hydrogens (tertiary/aromatic N) is 2. The Morgan fingerprint density at radius 3 is 2.77 bits per heavy atom. The lowest BCUT2D eigenvalue weighted by Gasteiger charge is -2.33. The molecule has 0 N–H and O–H groups in total. The zero-order valence-electron chi connectivity index (χ0n) is 18.3. The van der Waals surface area contributed by atoms with E-state index in [-0.39, 0.29) is 36.9 Å². The van der Waals surface area contributed by atoms with Gasteiger partial charge in [-0.1, -0.05) is 12.1 Å². The van der Waals surface area contributed by atoms with Crippen molar-refractivity contribution in [2.75, 3.05) is 40.4 Å². The van der Waals surface area contributed by atoms with Gasteiger partial charge in [-0.2, -0.15) is 0 Å². The molecule has 1 saturated heterocycles. The highest BCUT2D eigenvalue weighted by atomic mass is 16.5. The van der Waals surface area contributed by atoms with Crippen LogP contribution in [0.1, 0.15) is 32.3 Å². The highest BCUT2D eigenvalue weighted by Gasteiger charge is 2.30. The van der Waals surface area contributed by atoms with E-state index in [2.05, 4.69) is 0 Å². The van der Waals surface area contributed by atoms with Crippen molar-refractivity contribution in [1.82, 2.24) is 9.80 Å². The van der Waals surface area contributed by atoms with Gasteiger partial charge in [0.1, 0.15) is 11.9 Å². The number of rotatable bonds is 9. The minimum atomic E-state index is -0.692. The quantitative estimate of drug-likeness (QED) is 0.567. The maximum Gasteiger partial charge on any atom is 0.310 e. The van der Waals surface area contributed by atoms with Gasteiger partial charge in [-0.15, -0.1) is 0 Å². The number of esters is 1. The van der Waals surface area contributed by atoms with Crippen molar-refractivity contribution in [1.29, 1.82) is 0 Å². The van der Waals surface area contributed by atoms with Crippen LogP contribution in [0.2, 0.25) is 0 Å². The summed E-state index contributed by atoms with van der Waals surface area (Å²) in [6.07, 6.45) is 0.766. The predicted molar refractivity (Wildman–Crippen MR) is 111 cm³/mol. The third kappa shape index (κ3) is 6.73. The van der Waals surface area contributed by atoms with Gasteiger partial charge in [0.25, 0.3) is 5.91 Å². The molecule has 8 nitrogen and oxygen atoms in total. The summed E-state index contributed by atoms with van der Waals surface area (Å²) in [4.78, 5) is 40.2. The number of hydrogen-bond acceptors (Lipinski definition) is 6. The molecule has 166 valence electrons. The molecule has 30 heavy (non-hydrogen) atoms. The molecule has 1 fully saturated rings. The van der Waals surface area contributed by atoms with Gasteiger partial charge in [-0.05, 0) is 44.4 Å². The van der Waals surface area contributed by atoms with Crippen molar-refractivity contribution in [3.05, 3.63) is 29.8 Å². The van der Waals surface area contributed by atoms with Crippen LogP contribution in [-0.2, 0) is 30.5 Å². The molecule has 0 radical (unpaired) electrons. The van der Waals surface area contributed by atoms with Gasteiger partial charge in [0, 0.05) is 20.1 Å². The SMILES string of the molecule is CCOC(=O)C1CCCN(C(=O)CN(C)C(=O)C(C)OCc2cccc(OC)c2)C1. The predicted octanol–water partition coefficient (Wildman–Crippen LogP) is 1.86. The van der Waals surface area contributed by atoms with E-state index in [4.69, 9.17) is 14.2 Å². The Morgan fingerprint density at radius 1 is 1.30 bits per heavy atom. The molecule has 2 unspecified atom stereocenters. The minimum absolute atomic E-state index is 0.0543. The smallest absolute Gasteiger partial charge is 0.310 e. The number of ether oxygens (including phenoxy) is 3. The molecule has 1 heterocycles. The highest BCUT2D eigenvalue weighted by Crippen LogP contribution is 2.18. The molecule has 2 amide bonds. The van der Waals surface area contributed by atoms with Crippen LogP contribution < -0.4 is 4.74 Å². The fourth-order valence-electron chi connectivity index (χ4n) is 3.40. The largest absolute Gasteiger partial charge is 0.497 e. The van der Waals surface area contributed by atoms with Crippen LogP contribution in [0.3, 0.4) is 0 Å². The summed E-state index contributed by atoms with van der Waals surface area (Å²) in [6.45, 7) is 4.89. The fraction of sp³-hybridized carbons (Fsp3) is 0.591. The Kier molecular flexibility index (Phi) is 9.11. The van der Waals surface area contributed by atoms with Crippen molar-refractivity contribution in [3.63, 3.8) is 0 Å². The Balaban J connectivity index is 1.83. The second kappa shape index (κ2) is 11.5. The first kappa shape index (κ1) is 23.7. The maximum absolute atomic E-state index is 12.6. The van der Waals surface area contributed by atoms with Gasteiger partial charge in [0.2, 0.25) is 5.91 Å². The average Bonchev–Trinajstić information content (AvgIpc) is 2.77. The van der Waals surface area contributed by atoms with Gasteiger partial charge in [0.05, 0.1) is 32.8 Å². The van der Waals surface area contributed by atoms with E-state index >= 15 is 0 Å². The van der Waals surface area contributed by atoms with Crippen LogP contribution in [0.4, 0.5) is 0 Å². The molecule has 0 bridgehead atoms. The molecule has 1 aliphatic heterocycles. The standard InChI is InChI=1S/C22H32N2O6/c1-5-29-22(27)18-9-7-11-24(13-18)20(25)14-23(3)21(26)16(2)30-15-17-8-6-10-19(12-17)28-4/h6,8,10,12,16,18H,5,7,9,11,13-15H2,1-4H3. The van der Waals surface area contributed by atoms with Gasteiger partial charge in [-0.3, -0.25) is 14.4 Å². The van der Waals surface area contributed by atoms with Gasteiger partial charge >= 0.3 is 5.97 Å². The van der Waals surface area contributed by atoms with Crippen LogP contribution >= 0.6 is 0 Å². The number of carbonyl (C=O) groups is 3. The van der Waals surface area contributed by atoms with E-state index in [0.29, 0.717) is 26.1 Å². The second-order valence-electron chi connectivity index (χ2n) is 7.43. The summed E-state index contributed by atoms with van der Waals surface area (Å²) >= 11 is 0. The number of piperidine rings is 1. The van der Waals surface area contributed by atoms with E-state index in [0.717, 1.165) is 17.7 Å². The molecule has 1 aromatic rings. The number of likely N-dealkylation sites (tertiary alicyclic amines) is 1. The number of methoxy groups -OCH3 is 1. The maximum atomic E-state index is 12.6. The Labute approximate surface area is 178 Å². The molecule has 0 spiro atoms. The lowest BCUT2D eigenvalue weighted by Crippen LogP contribution is -2.48. The zero-order chi connectivity index (χ0) is 22.1. The fourth-order valence-corrected chi connectivity index (χ4v) is 3.40. The third-order valence-electron chi connectivity index (χ3n) is 5.12. The van der Waals surface area contributed by atoms with Crippen LogP contribution in [0.5, 0.6) is 5.75 Å². The third-order valence-corrected chi connectivity index (χ3v) is 5.12. The van der Waals surface area contributed by atoms with Crippen molar-refractivity contribution < 1.29 is 28.6 Å². The van der Waals surface area contributed by atoms with Crippen LogP contribution in [0, 0.1) is 5.92 Å². The van der Waals surface area contributed by atoms with Crippen LogP contribution in [0.15, 0.2) is 24.3 Å². The molecule has 2 atom stereocenters. The second-order valence-corrected chi connectivity index (χ2v) is 7.43. The summed E-state index contributed by atoms with van der Waals surface area (Å²) in [7, 11) is 3.17. The van der Waals surface area contributed by atoms with Crippen molar-refractivity contribution in [3.8, 4) is 5.75 Å². The molecule has 0 saturated carbocycles. The number of likely N-dealkylation sites (N-methyl/N-ethyl adjacent to an activating group) is 1. The van der Waals surface area contributed by atoms with Crippen molar-refractivity contribution >= 4 is 17.8 Å². The highest BCUT2D eigenvalue weighted by molar-refractivity contribution is 5.87.